The van der Waals surface area contributed by atoms with Gasteiger partial charge in [0, 0.05) is 34.3 Å². The lowest BCUT2D eigenvalue weighted by Crippen LogP contribution is -2.15. The Morgan fingerprint density at radius 3 is 2.47 bits per heavy atom. The van der Waals surface area contributed by atoms with Crippen molar-refractivity contribution >= 4 is 46.4 Å². The molecule has 166 valence electrons. The van der Waals surface area contributed by atoms with Crippen LogP contribution in [0.3, 0.4) is 0 Å². The van der Waals surface area contributed by atoms with E-state index in [0.717, 1.165) is 31.2 Å². The summed E-state index contributed by atoms with van der Waals surface area (Å²) in [4.78, 5) is 23.0. The molecule has 3 aromatic rings. The van der Waals surface area contributed by atoms with Gasteiger partial charge in [0.25, 0.3) is 5.69 Å². The molecule has 32 heavy (non-hydrogen) atoms. The zero-order chi connectivity index (χ0) is 22.7. The number of nitrogens with zero attached hydrogens (tertiary/aromatic N) is 4. The summed E-state index contributed by atoms with van der Waals surface area (Å²) < 4.78 is 2.10. The lowest BCUT2D eigenvalue weighted by molar-refractivity contribution is -0.384. The second kappa shape index (κ2) is 10.0. The van der Waals surface area contributed by atoms with Crippen molar-refractivity contribution in [2.75, 3.05) is 5.75 Å². The minimum absolute atomic E-state index is 0.0456. The number of rotatable bonds is 7. The van der Waals surface area contributed by atoms with Crippen LogP contribution in [0.1, 0.15) is 48.5 Å². The SMILES string of the molecule is O=C(CSc1nnc(-c2ccc(Cl)cc2Cl)n1C1CCCCC1)c1ccc([N+](=O)[O-])cc1. The molecule has 10 heteroatoms. The lowest BCUT2D eigenvalue weighted by Gasteiger charge is -2.25. The maximum Gasteiger partial charge on any atom is 0.269 e. The van der Waals surface area contributed by atoms with Crippen molar-refractivity contribution < 1.29 is 9.72 Å². The van der Waals surface area contributed by atoms with Gasteiger partial charge in [0.15, 0.2) is 16.8 Å². The van der Waals surface area contributed by atoms with Crippen LogP contribution >= 0.6 is 35.0 Å². The third-order valence-electron chi connectivity index (χ3n) is 5.51. The minimum Gasteiger partial charge on any atom is -0.299 e. The number of non-ortho nitro benzene ring substituents is 1. The number of thioether (sulfide) groups is 1. The summed E-state index contributed by atoms with van der Waals surface area (Å²) in [6, 6.07) is 11.2. The monoisotopic (exact) mass is 490 g/mol. The predicted molar refractivity (Wildman–Crippen MR) is 126 cm³/mol. The summed E-state index contributed by atoms with van der Waals surface area (Å²) in [5.74, 6) is 0.690. The maximum absolute atomic E-state index is 12.7. The summed E-state index contributed by atoms with van der Waals surface area (Å²) >= 11 is 13.8. The highest BCUT2D eigenvalue weighted by Gasteiger charge is 2.25. The molecule has 0 saturated heterocycles. The first-order valence-corrected chi connectivity index (χ1v) is 12.0. The Labute approximate surface area is 199 Å². The number of nitro groups is 1. The average molecular weight is 491 g/mol. The third-order valence-corrected chi connectivity index (χ3v) is 7.00. The Morgan fingerprint density at radius 2 is 1.81 bits per heavy atom. The number of nitro benzene ring substituents is 1. The lowest BCUT2D eigenvalue weighted by atomic mass is 9.95. The number of carbonyl (C=O) groups excluding carboxylic acids is 1. The largest absolute Gasteiger partial charge is 0.299 e. The van der Waals surface area contributed by atoms with Crippen LogP contribution < -0.4 is 0 Å². The van der Waals surface area contributed by atoms with Crippen LogP contribution in [0.15, 0.2) is 47.6 Å². The van der Waals surface area contributed by atoms with Crippen LogP contribution in [-0.2, 0) is 0 Å². The Balaban J connectivity index is 1.59. The fourth-order valence-electron chi connectivity index (χ4n) is 3.88. The molecule has 0 amide bonds. The summed E-state index contributed by atoms with van der Waals surface area (Å²) in [6.45, 7) is 0. The normalized spacial score (nSPS) is 14.4. The Morgan fingerprint density at radius 1 is 1.09 bits per heavy atom. The van der Waals surface area contributed by atoms with Crippen LogP contribution in [0.25, 0.3) is 11.4 Å². The molecule has 2 aromatic carbocycles. The number of halogens is 2. The Bertz CT molecular complexity index is 1140. The van der Waals surface area contributed by atoms with Crippen molar-refractivity contribution in [3.63, 3.8) is 0 Å². The number of hydrogen-bond donors (Lipinski definition) is 0. The van der Waals surface area contributed by atoms with Gasteiger partial charge >= 0.3 is 0 Å². The summed E-state index contributed by atoms with van der Waals surface area (Å²) in [6.07, 6.45) is 5.49. The van der Waals surface area contributed by atoms with Gasteiger partial charge < -0.3 is 0 Å². The molecule has 1 fully saturated rings. The van der Waals surface area contributed by atoms with E-state index in [-0.39, 0.29) is 23.3 Å². The first-order chi connectivity index (χ1) is 15.4. The van der Waals surface area contributed by atoms with Gasteiger partial charge in [-0.3, -0.25) is 19.5 Å². The Kier molecular flexibility index (Phi) is 7.13. The molecule has 0 aliphatic heterocycles. The van der Waals surface area contributed by atoms with Gasteiger partial charge in [0.05, 0.1) is 15.7 Å². The van der Waals surface area contributed by atoms with E-state index >= 15 is 0 Å². The predicted octanol–water partition coefficient (Wildman–Crippen LogP) is 6.64. The van der Waals surface area contributed by atoms with Gasteiger partial charge in [0.1, 0.15) is 0 Å². The fraction of sp³-hybridized carbons (Fsp3) is 0.318. The molecule has 0 radical (unpaired) electrons. The van der Waals surface area contributed by atoms with E-state index < -0.39 is 4.92 Å². The highest BCUT2D eigenvalue weighted by Crippen LogP contribution is 2.38. The number of carbonyl (C=O) groups is 1. The van der Waals surface area contributed by atoms with Crippen LogP contribution in [0.5, 0.6) is 0 Å². The summed E-state index contributed by atoms with van der Waals surface area (Å²) in [7, 11) is 0. The second-order valence-corrected chi connectivity index (χ2v) is 9.39. The van der Waals surface area contributed by atoms with E-state index in [0.29, 0.717) is 26.6 Å². The van der Waals surface area contributed by atoms with Crippen LogP contribution in [0.2, 0.25) is 10.0 Å². The number of hydrogen-bond acceptors (Lipinski definition) is 6. The van der Waals surface area contributed by atoms with Gasteiger partial charge in [0.2, 0.25) is 0 Å². The average Bonchev–Trinajstić information content (AvgIpc) is 3.21. The molecule has 1 heterocycles. The highest BCUT2D eigenvalue weighted by molar-refractivity contribution is 7.99. The van der Waals surface area contributed by atoms with Gasteiger partial charge in [-0.2, -0.15) is 0 Å². The molecule has 0 unspecified atom stereocenters. The topological polar surface area (TPSA) is 90.9 Å². The minimum atomic E-state index is -0.487. The number of Topliss-reactive ketones (excluding diaryl/α,β-unsaturated/α-hetero) is 1. The summed E-state index contributed by atoms with van der Waals surface area (Å²) in [5, 5.41) is 21.3. The van der Waals surface area contributed by atoms with Gasteiger partial charge in [-0.15, -0.1) is 10.2 Å². The van der Waals surface area contributed by atoms with Gasteiger partial charge in [-0.1, -0.05) is 54.2 Å². The molecule has 7 nitrogen and oxygen atoms in total. The number of ketones is 1. The number of aromatic nitrogens is 3. The number of benzene rings is 2. The smallest absolute Gasteiger partial charge is 0.269 e. The molecule has 1 aromatic heterocycles. The molecule has 0 N–H and O–H groups in total. The van der Waals surface area contributed by atoms with Crippen LogP contribution in [0, 0.1) is 10.1 Å². The highest BCUT2D eigenvalue weighted by atomic mass is 35.5. The first-order valence-electron chi connectivity index (χ1n) is 10.2. The molecule has 1 aliphatic rings. The zero-order valence-electron chi connectivity index (χ0n) is 17.0. The van der Waals surface area contributed by atoms with E-state index in [9.17, 15) is 14.9 Å². The van der Waals surface area contributed by atoms with E-state index in [1.54, 1.807) is 12.1 Å². The molecule has 0 atom stereocenters. The van der Waals surface area contributed by atoms with Gasteiger partial charge in [-0.05, 0) is 43.2 Å². The quantitative estimate of drug-likeness (QED) is 0.159. The molecule has 1 aliphatic carbocycles. The molecule has 1 saturated carbocycles. The fourth-order valence-corrected chi connectivity index (χ4v) is 5.27. The van der Waals surface area contributed by atoms with Crippen molar-refractivity contribution in [1.29, 1.82) is 0 Å². The van der Waals surface area contributed by atoms with Crippen molar-refractivity contribution in [2.24, 2.45) is 0 Å². The van der Waals surface area contributed by atoms with E-state index in [1.165, 1.54) is 42.4 Å². The first kappa shape index (κ1) is 22.8. The molecule has 0 spiro atoms. The van der Waals surface area contributed by atoms with E-state index in [2.05, 4.69) is 14.8 Å². The van der Waals surface area contributed by atoms with Crippen LogP contribution in [-0.4, -0.2) is 31.2 Å². The van der Waals surface area contributed by atoms with Crippen molar-refractivity contribution in [3.8, 4) is 11.4 Å². The third kappa shape index (κ3) is 4.98. The zero-order valence-corrected chi connectivity index (χ0v) is 19.4. The second-order valence-electron chi connectivity index (χ2n) is 7.61. The van der Waals surface area contributed by atoms with Crippen LogP contribution in [0.4, 0.5) is 5.69 Å². The molecular formula is C22H20Cl2N4O3S. The van der Waals surface area contributed by atoms with Crippen molar-refractivity contribution in [1.82, 2.24) is 14.8 Å². The molecular weight excluding hydrogens is 471 g/mol. The van der Waals surface area contributed by atoms with Gasteiger partial charge in [-0.25, -0.2) is 0 Å². The van der Waals surface area contributed by atoms with Crippen molar-refractivity contribution in [2.45, 2.75) is 43.3 Å². The standard InChI is InChI=1S/C22H20Cl2N4O3S/c23-15-8-11-18(19(24)12-15)21-25-26-22(27(21)16-4-2-1-3-5-16)32-13-20(29)14-6-9-17(10-7-14)28(30)31/h6-12,16H,1-5,13H2. The van der Waals surface area contributed by atoms with Crippen molar-refractivity contribution in [3.05, 3.63) is 68.2 Å². The van der Waals surface area contributed by atoms with E-state index in [1.807, 2.05) is 6.07 Å². The molecule has 4 rings (SSSR count). The Hall–Kier alpha value is -2.42. The summed E-state index contributed by atoms with van der Waals surface area (Å²) in [5.41, 5.74) is 1.13. The van der Waals surface area contributed by atoms with E-state index in [4.69, 9.17) is 23.2 Å². The maximum atomic E-state index is 12.7. The molecule has 0 bridgehead atoms.